The largest absolute Gasteiger partial charge is 0.389 e. The molecule has 2 heterocycles. The van der Waals surface area contributed by atoms with E-state index in [1.807, 2.05) is 19.9 Å². The van der Waals surface area contributed by atoms with Crippen molar-refractivity contribution in [3.05, 3.63) is 23.0 Å². The van der Waals surface area contributed by atoms with Crippen LogP contribution in [0.4, 0.5) is 5.69 Å². The number of aromatic nitrogens is 1. The number of likely N-dealkylation sites (tertiary alicyclic amines) is 1. The van der Waals surface area contributed by atoms with Crippen molar-refractivity contribution >= 4 is 34.7 Å². The van der Waals surface area contributed by atoms with E-state index in [1.54, 1.807) is 0 Å². The van der Waals surface area contributed by atoms with Gasteiger partial charge in [0.05, 0.1) is 5.56 Å². The minimum Gasteiger partial charge on any atom is -0.389 e. The SMILES string of the molecule is Cc1cc(NC2CCC(=O)N(C)C2=O)c(C(N)=S)c(C)n1. The Morgan fingerprint density at radius 3 is 2.76 bits per heavy atom. The number of anilines is 1. The Morgan fingerprint density at radius 2 is 2.14 bits per heavy atom. The molecule has 6 nitrogen and oxygen atoms in total. The Bertz CT molecular complexity index is 630. The molecule has 1 fully saturated rings. The molecular formula is C14H18N4O2S. The third-order valence-electron chi connectivity index (χ3n) is 3.55. The first kappa shape index (κ1) is 15.4. The highest BCUT2D eigenvalue weighted by molar-refractivity contribution is 7.80. The summed E-state index contributed by atoms with van der Waals surface area (Å²) in [4.78, 5) is 29.4. The van der Waals surface area contributed by atoms with Gasteiger partial charge in [-0.1, -0.05) is 12.2 Å². The van der Waals surface area contributed by atoms with Crippen LogP contribution in [0.2, 0.25) is 0 Å². The molecule has 0 spiro atoms. The van der Waals surface area contributed by atoms with E-state index in [0.29, 0.717) is 24.1 Å². The van der Waals surface area contributed by atoms with Crippen LogP contribution in [-0.2, 0) is 9.59 Å². The number of aryl methyl sites for hydroxylation is 2. The Kier molecular flexibility index (Phi) is 4.22. The first-order valence-corrected chi connectivity index (χ1v) is 7.07. The number of likely N-dealkylation sites (N-methyl/N-ethyl adjacent to an activating group) is 1. The lowest BCUT2D eigenvalue weighted by atomic mass is 10.0. The number of nitrogens with two attached hydrogens (primary N) is 1. The minimum absolute atomic E-state index is 0.158. The molecule has 1 aromatic heterocycles. The molecule has 1 aliphatic heterocycles. The van der Waals surface area contributed by atoms with Crippen LogP contribution in [0.15, 0.2) is 6.07 Å². The van der Waals surface area contributed by atoms with Gasteiger partial charge in [-0.2, -0.15) is 0 Å². The molecule has 0 radical (unpaired) electrons. The Hall–Kier alpha value is -2.02. The minimum atomic E-state index is -0.456. The maximum absolute atomic E-state index is 12.2. The van der Waals surface area contributed by atoms with Crippen LogP contribution in [-0.4, -0.2) is 39.8 Å². The van der Waals surface area contributed by atoms with E-state index in [2.05, 4.69) is 10.3 Å². The molecule has 21 heavy (non-hydrogen) atoms. The zero-order chi connectivity index (χ0) is 15.7. The van der Waals surface area contributed by atoms with Crippen molar-refractivity contribution in [1.82, 2.24) is 9.88 Å². The summed E-state index contributed by atoms with van der Waals surface area (Å²) in [7, 11) is 1.50. The first-order valence-electron chi connectivity index (χ1n) is 6.66. The normalized spacial score (nSPS) is 18.8. The van der Waals surface area contributed by atoms with Gasteiger partial charge in [-0.25, -0.2) is 0 Å². The number of carbonyl (C=O) groups is 2. The number of amides is 2. The molecule has 2 rings (SSSR count). The van der Waals surface area contributed by atoms with E-state index >= 15 is 0 Å². The van der Waals surface area contributed by atoms with Crippen molar-refractivity contribution in [3.63, 3.8) is 0 Å². The highest BCUT2D eigenvalue weighted by Gasteiger charge is 2.32. The number of rotatable bonds is 3. The smallest absolute Gasteiger partial charge is 0.251 e. The topological polar surface area (TPSA) is 88.3 Å². The summed E-state index contributed by atoms with van der Waals surface area (Å²) in [6, 6.07) is 1.35. The van der Waals surface area contributed by atoms with Crippen molar-refractivity contribution in [3.8, 4) is 0 Å². The highest BCUT2D eigenvalue weighted by atomic mass is 32.1. The first-order chi connectivity index (χ1) is 9.81. The maximum atomic E-state index is 12.2. The second-order valence-electron chi connectivity index (χ2n) is 5.16. The summed E-state index contributed by atoms with van der Waals surface area (Å²) in [5, 5.41) is 3.16. The third kappa shape index (κ3) is 3.02. The van der Waals surface area contributed by atoms with Gasteiger partial charge in [-0.15, -0.1) is 0 Å². The fraction of sp³-hybridized carbons (Fsp3) is 0.429. The van der Waals surface area contributed by atoms with Crippen LogP contribution in [0.1, 0.15) is 29.8 Å². The van der Waals surface area contributed by atoms with Crippen molar-refractivity contribution < 1.29 is 9.59 Å². The number of nitrogens with one attached hydrogen (secondary N) is 1. The van der Waals surface area contributed by atoms with Gasteiger partial charge in [-0.05, 0) is 26.3 Å². The van der Waals surface area contributed by atoms with Crippen LogP contribution in [0.25, 0.3) is 0 Å². The van der Waals surface area contributed by atoms with Crippen LogP contribution in [0.5, 0.6) is 0 Å². The molecule has 1 aliphatic rings. The molecule has 0 saturated carbocycles. The quantitative estimate of drug-likeness (QED) is 0.637. The lowest BCUT2D eigenvalue weighted by molar-refractivity contribution is -0.146. The van der Waals surface area contributed by atoms with Crippen molar-refractivity contribution in [2.24, 2.45) is 5.73 Å². The number of thiocarbonyl (C=S) groups is 1. The van der Waals surface area contributed by atoms with Gasteiger partial charge in [0.2, 0.25) is 5.91 Å². The summed E-state index contributed by atoms with van der Waals surface area (Å²) in [5.41, 5.74) is 8.61. The lowest BCUT2D eigenvalue weighted by Crippen LogP contribution is -2.48. The average molecular weight is 306 g/mol. The summed E-state index contributed by atoms with van der Waals surface area (Å²) < 4.78 is 0. The van der Waals surface area contributed by atoms with Gasteiger partial charge >= 0.3 is 0 Å². The number of nitrogens with zero attached hydrogens (tertiary/aromatic N) is 2. The van der Waals surface area contributed by atoms with E-state index in [4.69, 9.17) is 18.0 Å². The van der Waals surface area contributed by atoms with Crippen molar-refractivity contribution in [1.29, 1.82) is 0 Å². The van der Waals surface area contributed by atoms with Crippen molar-refractivity contribution in [2.45, 2.75) is 32.7 Å². The number of hydrogen-bond donors (Lipinski definition) is 2. The van der Waals surface area contributed by atoms with Crippen LogP contribution in [0, 0.1) is 13.8 Å². The van der Waals surface area contributed by atoms with E-state index < -0.39 is 6.04 Å². The Labute approximate surface area is 128 Å². The number of pyridine rings is 1. The number of imide groups is 1. The molecule has 0 bridgehead atoms. The molecule has 112 valence electrons. The summed E-state index contributed by atoms with van der Waals surface area (Å²) in [6.45, 7) is 3.69. The van der Waals surface area contributed by atoms with Gasteiger partial charge in [0.1, 0.15) is 11.0 Å². The number of carbonyl (C=O) groups excluding carboxylic acids is 2. The van der Waals surface area contributed by atoms with Crippen LogP contribution in [0.3, 0.4) is 0 Å². The second kappa shape index (κ2) is 5.77. The molecule has 1 aromatic rings. The van der Waals surface area contributed by atoms with Gasteiger partial charge in [0.25, 0.3) is 5.91 Å². The van der Waals surface area contributed by atoms with E-state index in [1.165, 1.54) is 7.05 Å². The molecule has 1 saturated heterocycles. The second-order valence-corrected chi connectivity index (χ2v) is 5.60. The maximum Gasteiger partial charge on any atom is 0.251 e. The molecule has 0 aromatic carbocycles. The summed E-state index contributed by atoms with van der Waals surface area (Å²) in [6.07, 6.45) is 0.796. The molecule has 7 heteroatoms. The standard InChI is InChI=1S/C14H18N4O2S/c1-7-6-10(12(13(15)21)8(2)16-7)17-9-4-5-11(19)18(3)14(9)20/h6,9H,4-5H2,1-3H3,(H2,15,21)(H,16,17). The zero-order valence-electron chi connectivity index (χ0n) is 12.3. The Balaban J connectivity index is 2.33. The average Bonchev–Trinajstić information content (AvgIpc) is 2.38. The van der Waals surface area contributed by atoms with E-state index in [-0.39, 0.29) is 16.8 Å². The third-order valence-corrected chi connectivity index (χ3v) is 3.76. The van der Waals surface area contributed by atoms with Crippen LogP contribution >= 0.6 is 12.2 Å². The fourth-order valence-electron chi connectivity index (χ4n) is 2.49. The predicted molar refractivity (Wildman–Crippen MR) is 84.0 cm³/mol. The van der Waals surface area contributed by atoms with Crippen LogP contribution < -0.4 is 11.1 Å². The molecule has 1 unspecified atom stereocenters. The van der Waals surface area contributed by atoms with E-state index in [0.717, 1.165) is 16.3 Å². The highest BCUT2D eigenvalue weighted by Crippen LogP contribution is 2.23. The summed E-state index contributed by atoms with van der Waals surface area (Å²) >= 11 is 5.07. The lowest BCUT2D eigenvalue weighted by Gasteiger charge is -2.29. The van der Waals surface area contributed by atoms with Gasteiger partial charge < -0.3 is 11.1 Å². The number of piperidine rings is 1. The molecule has 1 atom stereocenters. The van der Waals surface area contributed by atoms with E-state index in [9.17, 15) is 9.59 Å². The molecule has 3 N–H and O–H groups in total. The number of hydrogen-bond acceptors (Lipinski definition) is 5. The van der Waals surface area contributed by atoms with Gasteiger partial charge in [0.15, 0.2) is 0 Å². The molecule has 2 amide bonds. The van der Waals surface area contributed by atoms with Crippen molar-refractivity contribution in [2.75, 3.05) is 12.4 Å². The predicted octanol–water partition coefficient (Wildman–Crippen LogP) is 0.892. The zero-order valence-corrected chi connectivity index (χ0v) is 13.1. The molecular weight excluding hydrogens is 288 g/mol. The molecule has 0 aliphatic carbocycles. The van der Waals surface area contributed by atoms with Gasteiger partial charge in [-0.3, -0.25) is 19.5 Å². The Morgan fingerprint density at radius 1 is 1.48 bits per heavy atom. The van der Waals surface area contributed by atoms with Gasteiger partial charge in [0, 0.05) is 30.5 Å². The monoisotopic (exact) mass is 306 g/mol. The fourth-order valence-corrected chi connectivity index (χ4v) is 2.75. The summed E-state index contributed by atoms with van der Waals surface area (Å²) in [5.74, 6) is -0.401.